The average Bonchev–Trinajstić information content (AvgIpc) is 2.70. The average molecular weight is 349 g/mol. The number of hydrogen-bond donors (Lipinski definition) is 0. The summed E-state index contributed by atoms with van der Waals surface area (Å²) in [5.41, 5.74) is 4.51. The Kier molecular flexibility index (Phi) is 5.67. The molecule has 0 aliphatic heterocycles. The predicted octanol–water partition coefficient (Wildman–Crippen LogP) is 7.23. The number of benzene rings is 1. The van der Waals surface area contributed by atoms with E-state index in [0.717, 1.165) is 29.6 Å². The fourth-order valence-electron chi connectivity index (χ4n) is 6.40. The highest BCUT2D eigenvalue weighted by atomic mass is 14.4. The van der Waals surface area contributed by atoms with E-state index in [0.29, 0.717) is 0 Å². The van der Waals surface area contributed by atoms with Gasteiger partial charge < -0.3 is 0 Å². The number of aryl methyl sites for hydroxylation is 1. The summed E-state index contributed by atoms with van der Waals surface area (Å²) in [6, 6.07) is 7.02. The van der Waals surface area contributed by atoms with E-state index in [2.05, 4.69) is 37.4 Å². The Morgan fingerprint density at radius 3 is 2.42 bits per heavy atom. The first kappa shape index (κ1) is 18.1. The van der Waals surface area contributed by atoms with E-state index >= 15 is 0 Å². The van der Waals surface area contributed by atoms with E-state index in [4.69, 9.17) is 0 Å². The fourth-order valence-corrected chi connectivity index (χ4v) is 6.40. The van der Waals surface area contributed by atoms with E-state index in [-0.39, 0.29) is 0 Å². The standard InChI is InChI=1S/C26H36/c1-3-5-6-20-8-10-24-18-26(14-12-22(24)16-20)25-13-11-21-15-19(4-2)7-9-23(21)17-25/h3-4,7,9,15,20,22,24-26H,1-2,5-6,8,10-14,16-18H2/t20-,22?,24-,25?,26?/m1/s1. The highest BCUT2D eigenvalue weighted by Gasteiger charge is 2.38. The third-order valence-corrected chi connectivity index (χ3v) is 7.94. The van der Waals surface area contributed by atoms with E-state index in [1.807, 2.05) is 6.08 Å². The van der Waals surface area contributed by atoms with Gasteiger partial charge in [-0.3, -0.25) is 0 Å². The molecule has 0 N–H and O–H groups in total. The lowest BCUT2D eigenvalue weighted by Crippen LogP contribution is -2.35. The minimum atomic E-state index is 0.941. The van der Waals surface area contributed by atoms with Crippen LogP contribution in [0, 0.1) is 29.6 Å². The first-order valence-electron chi connectivity index (χ1n) is 11.1. The first-order valence-corrected chi connectivity index (χ1v) is 11.1. The molecule has 3 aliphatic rings. The van der Waals surface area contributed by atoms with E-state index in [1.54, 1.807) is 11.1 Å². The van der Waals surface area contributed by atoms with Crippen molar-refractivity contribution in [2.75, 3.05) is 0 Å². The molecule has 0 bridgehead atoms. The SMILES string of the molecule is C=CCC[C@@H]1CC[C@@H]2CC(C3CCc4cc(C=C)ccc4C3)CCC2C1. The van der Waals surface area contributed by atoms with E-state index in [9.17, 15) is 0 Å². The van der Waals surface area contributed by atoms with Gasteiger partial charge in [0.05, 0.1) is 0 Å². The summed E-state index contributed by atoms with van der Waals surface area (Å²) in [7, 11) is 0. The first-order chi connectivity index (χ1) is 12.8. The summed E-state index contributed by atoms with van der Waals surface area (Å²) >= 11 is 0. The van der Waals surface area contributed by atoms with Gasteiger partial charge in [-0.05, 0) is 110 Å². The monoisotopic (exact) mass is 348 g/mol. The van der Waals surface area contributed by atoms with Gasteiger partial charge in [0.1, 0.15) is 0 Å². The second-order valence-corrected chi connectivity index (χ2v) is 9.37. The molecular weight excluding hydrogens is 312 g/mol. The van der Waals surface area contributed by atoms with Crippen LogP contribution in [0.15, 0.2) is 37.4 Å². The molecule has 0 radical (unpaired) electrons. The van der Waals surface area contributed by atoms with Gasteiger partial charge in [-0.1, -0.05) is 43.4 Å². The van der Waals surface area contributed by atoms with Crippen LogP contribution in [0.4, 0.5) is 0 Å². The maximum Gasteiger partial charge on any atom is -0.0245 e. The van der Waals surface area contributed by atoms with Crippen LogP contribution < -0.4 is 0 Å². The molecule has 140 valence electrons. The molecule has 3 unspecified atom stereocenters. The molecule has 1 aromatic rings. The van der Waals surface area contributed by atoms with E-state index < -0.39 is 0 Å². The summed E-state index contributed by atoms with van der Waals surface area (Å²) < 4.78 is 0. The van der Waals surface area contributed by atoms with Crippen LogP contribution in [0.1, 0.15) is 74.5 Å². The molecule has 2 fully saturated rings. The molecule has 0 saturated heterocycles. The molecule has 0 spiro atoms. The van der Waals surface area contributed by atoms with Crippen molar-refractivity contribution in [3.05, 3.63) is 54.1 Å². The summed E-state index contributed by atoms with van der Waals surface area (Å²) in [6.45, 7) is 7.83. The van der Waals surface area contributed by atoms with Crippen molar-refractivity contribution in [2.45, 2.75) is 70.6 Å². The minimum Gasteiger partial charge on any atom is -0.103 e. The van der Waals surface area contributed by atoms with Gasteiger partial charge in [0, 0.05) is 0 Å². The van der Waals surface area contributed by atoms with Crippen molar-refractivity contribution in [1.82, 2.24) is 0 Å². The fraction of sp³-hybridized carbons (Fsp3) is 0.615. The molecule has 0 nitrogen and oxygen atoms in total. The Hall–Kier alpha value is -1.30. The molecule has 5 atom stereocenters. The highest BCUT2D eigenvalue weighted by molar-refractivity contribution is 5.50. The molecule has 0 amide bonds. The van der Waals surface area contributed by atoms with Crippen LogP contribution in [0.3, 0.4) is 0 Å². The summed E-state index contributed by atoms with van der Waals surface area (Å²) in [6.07, 6.45) is 19.8. The van der Waals surface area contributed by atoms with Crippen LogP contribution in [0.25, 0.3) is 6.08 Å². The molecule has 3 aliphatic carbocycles. The van der Waals surface area contributed by atoms with Crippen LogP contribution in [0.2, 0.25) is 0 Å². The van der Waals surface area contributed by atoms with Gasteiger partial charge in [0.2, 0.25) is 0 Å². The van der Waals surface area contributed by atoms with Crippen molar-refractivity contribution < 1.29 is 0 Å². The normalized spacial score (nSPS) is 33.8. The smallest absolute Gasteiger partial charge is 0.0245 e. The number of fused-ring (bicyclic) bond motifs is 2. The van der Waals surface area contributed by atoms with Crippen molar-refractivity contribution in [1.29, 1.82) is 0 Å². The molecule has 0 heteroatoms. The van der Waals surface area contributed by atoms with Crippen molar-refractivity contribution in [3.63, 3.8) is 0 Å². The second kappa shape index (κ2) is 8.15. The maximum atomic E-state index is 3.92. The number of allylic oxidation sites excluding steroid dienone is 1. The second-order valence-electron chi connectivity index (χ2n) is 9.37. The molecule has 0 heterocycles. The Morgan fingerprint density at radius 2 is 1.62 bits per heavy atom. The molecular formula is C26H36. The van der Waals surface area contributed by atoms with Gasteiger partial charge in [-0.25, -0.2) is 0 Å². The predicted molar refractivity (Wildman–Crippen MR) is 113 cm³/mol. The van der Waals surface area contributed by atoms with Gasteiger partial charge >= 0.3 is 0 Å². The highest BCUT2D eigenvalue weighted by Crippen LogP contribution is 2.49. The summed E-state index contributed by atoms with van der Waals surface area (Å²) in [4.78, 5) is 0. The summed E-state index contributed by atoms with van der Waals surface area (Å²) in [5.74, 6) is 5.01. The van der Waals surface area contributed by atoms with Crippen molar-refractivity contribution >= 4 is 6.08 Å². The van der Waals surface area contributed by atoms with Gasteiger partial charge in [0.15, 0.2) is 0 Å². The quantitative estimate of drug-likeness (QED) is 0.492. The maximum absolute atomic E-state index is 3.92. The van der Waals surface area contributed by atoms with Gasteiger partial charge in [-0.15, -0.1) is 6.58 Å². The summed E-state index contributed by atoms with van der Waals surface area (Å²) in [5, 5.41) is 0. The van der Waals surface area contributed by atoms with Crippen LogP contribution in [0.5, 0.6) is 0 Å². The largest absolute Gasteiger partial charge is 0.103 e. The van der Waals surface area contributed by atoms with Gasteiger partial charge in [0.25, 0.3) is 0 Å². The van der Waals surface area contributed by atoms with Crippen molar-refractivity contribution in [3.8, 4) is 0 Å². The lowest BCUT2D eigenvalue weighted by Gasteiger charge is -2.45. The molecule has 2 saturated carbocycles. The Morgan fingerprint density at radius 1 is 0.846 bits per heavy atom. The molecule has 26 heavy (non-hydrogen) atoms. The Balaban J connectivity index is 1.34. The van der Waals surface area contributed by atoms with Crippen molar-refractivity contribution in [2.24, 2.45) is 29.6 Å². The lowest BCUT2D eigenvalue weighted by atomic mass is 9.61. The Bertz CT molecular complexity index is 639. The van der Waals surface area contributed by atoms with E-state index in [1.165, 1.54) is 76.2 Å². The number of rotatable bonds is 5. The molecule has 1 aromatic carbocycles. The minimum absolute atomic E-state index is 0.941. The lowest BCUT2D eigenvalue weighted by molar-refractivity contribution is 0.0699. The zero-order chi connectivity index (χ0) is 17.9. The van der Waals surface area contributed by atoms with Crippen LogP contribution >= 0.6 is 0 Å². The number of hydrogen-bond acceptors (Lipinski definition) is 0. The zero-order valence-electron chi connectivity index (χ0n) is 16.5. The molecule has 4 rings (SSSR count). The Labute approximate surface area is 160 Å². The topological polar surface area (TPSA) is 0 Å². The van der Waals surface area contributed by atoms with Gasteiger partial charge in [-0.2, -0.15) is 0 Å². The third kappa shape index (κ3) is 3.85. The third-order valence-electron chi connectivity index (χ3n) is 7.94. The van der Waals surface area contributed by atoms with Crippen LogP contribution in [-0.2, 0) is 12.8 Å². The zero-order valence-corrected chi connectivity index (χ0v) is 16.5. The molecule has 0 aromatic heterocycles. The van der Waals surface area contributed by atoms with Crippen LogP contribution in [-0.4, -0.2) is 0 Å².